The molecule has 0 saturated heterocycles. The van der Waals surface area contributed by atoms with E-state index in [2.05, 4.69) is 56.6 Å². The van der Waals surface area contributed by atoms with E-state index >= 15 is 0 Å². The first-order chi connectivity index (χ1) is 8.28. The standard InChI is InChI=1S/C15H25NS/c1-5-12(6-2)15(16-7-3)13-10-8-9-11-14(13)17-4/h8-12,15-16H,5-7H2,1-4H3. The Bertz CT molecular complexity index is 320. The van der Waals surface area contributed by atoms with Crippen LogP contribution < -0.4 is 5.32 Å². The molecule has 2 heteroatoms. The fraction of sp³-hybridized carbons (Fsp3) is 0.600. The number of hydrogen-bond acceptors (Lipinski definition) is 2. The summed E-state index contributed by atoms with van der Waals surface area (Å²) in [7, 11) is 0. The Hall–Kier alpha value is -0.470. The number of thioether (sulfide) groups is 1. The second-order valence-electron chi connectivity index (χ2n) is 4.35. The highest BCUT2D eigenvalue weighted by molar-refractivity contribution is 7.98. The van der Waals surface area contributed by atoms with Gasteiger partial charge in [0.05, 0.1) is 0 Å². The summed E-state index contributed by atoms with van der Waals surface area (Å²) in [6.45, 7) is 7.81. The fourth-order valence-corrected chi connectivity index (χ4v) is 3.08. The molecule has 0 radical (unpaired) electrons. The molecule has 1 aromatic carbocycles. The molecule has 0 spiro atoms. The van der Waals surface area contributed by atoms with Gasteiger partial charge in [0.15, 0.2) is 0 Å². The number of hydrogen-bond donors (Lipinski definition) is 1. The molecule has 1 rings (SSSR count). The van der Waals surface area contributed by atoms with Gasteiger partial charge in [-0.15, -0.1) is 11.8 Å². The maximum Gasteiger partial charge on any atom is 0.0359 e. The topological polar surface area (TPSA) is 12.0 Å². The molecule has 1 nitrogen and oxygen atoms in total. The van der Waals surface area contributed by atoms with Gasteiger partial charge in [-0.3, -0.25) is 0 Å². The molecule has 1 unspecified atom stereocenters. The average molecular weight is 251 g/mol. The van der Waals surface area contributed by atoms with Crippen molar-refractivity contribution in [1.82, 2.24) is 5.32 Å². The molecule has 0 aliphatic carbocycles. The van der Waals surface area contributed by atoms with Crippen LogP contribution >= 0.6 is 11.8 Å². The molecular formula is C15H25NS. The summed E-state index contributed by atoms with van der Waals surface area (Å²) in [5, 5.41) is 3.66. The zero-order valence-corrected chi connectivity index (χ0v) is 12.3. The van der Waals surface area contributed by atoms with E-state index in [1.807, 2.05) is 11.8 Å². The van der Waals surface area contributed by atoms with Crippen LogP contribution in [-0.2, 0) is 0 Å². The Labute approximate surface area is 110 Å². The van der Waals surface area contributed by atoms with Crippen molar-refractivity contribution in [2.75, 3.05) is 12.8 Å². The van der Waals surface area contributed by atoms with Gasteiger partial charge in [-0.1, -0.05) is 51.8 Å². The third kappa shape index (κ3) is 3.75. The van der Waals surface area contributed by atoms with E-state index in [4.69, 9.17) is 0 Å². The molecule has 1 atom stereocenters. The summed E-state index contributed by atoms with van der Waals surface area (Å²) in [5.41, 5.74) is 1.47. The predicted molar refractivity (Wildman–Crippen MR) is 78.7 cm³/mol. The van der Waals surface area contributed by atoms with Crippen molar-refractivity contribution >= 4 is 11.8 Å². The van der Waals surface area contributed by atoms with E-state index in [1.165, 1.54) is 23.3 Å². The lowest BCUT2D eigenvalue weighted by molar-refractivity contribution is 0.343. The molecule has 0 aliphatic rings. The summed E-state index contributed by atoms with van der Waals surface area (Å²) in [5.74, 6) is 0.725. The molecule has 96 valence electrons. The average Bonchev–Trinajstić information content (AvgIpc) is 2.39. The molecule has 1 N–H and O–H groups in total. The first kappa shape index (κ1) is 14.6. The van der Waals surface area contributed by atoms with Gasteiger partial charge in [0.2, 0.25) is 0 Å². The Morgan fingerprint density at radius 2 is 1.76 bits per heavy atom. The van der Waals surface area contributed by atoms with Crippen LogP contribution in [-0.4, -0.2) is 12.8 Å². The second kappa shape index (κ2) is 7.78. The lowest BCUT2D eigenvalue weighted by Crippen LogP contribution is -2.28. The quantitative estimate of drug-likeness (QED) is 0.716. The molecule has 0 amide bonds. The lowest BCUT2D eigenvalue weighted by atomic mass is 9.89. The van der Waals surface area contributed by atoms with Gasteiger partial charge < -0.3 is 5.32 Å². The predicted octanol–water partition coefficient (Wildman–Crippen LogP) is 4.50. The minimum Gasteiger partial charge on any atom is -0.310 e. The Morgan fingerprint density at radius 3 is 2.29 bits per heavy atom. The Balaban J connectivity index is 3.03. The van der Waals surface area contributed by atoms with Crippen molar-refractivity contribution in [3.05, 3.63) is 29.8 Å². The van der Waals surface area contributed by atoms with Gasteiger partial charge in [-0.25, -0.2) is 0 Å². The number of nitrogens with one attached hydrogen (secondary N) is 1. The molecule has 0 bridgehead atoms. The smallest absolute Gasteiger partial charge is 0.0359 e. The van der Waals surface area contributed by atoms with E-state index in [0.717, 1.165) is 12.5 Å². The summed E-state index contributed by atoms with van der Waals surface area (Å²) in [4.78, 5) is 1.41. The maximum atomic E-state index is 3.66. The number of benzene rings is 1. The van der Waals surface area contributed by atoms with Crippen molar-refractivity contribution in [2.45, 2.75) is 44.6 Å². The highest BCUT2D eigenvalue weighted by Gasteiger charge is 2.21. The zero-order chi connectivity index (χ0) is 12.7. The molecule has 0 saturated carbocycles. The zero-order valence-electron chi connectivity index (χ0n) is 11.5. The van der Waals surface area contributed by atoms with Crippen molar-refractivity contribution in [1.29, 1.82) is 0 Å². The van der Waals surface area contributed by atoms with E-state index in [-0.39, 0.29) is 0 Å². The van der Waals surface area contributed by atoms with Gasteiger partial charge in [-0.05, 0) is 30.3 Å². The summed E-state index contributed by atoms with van der Waals surface area (Å²) < 4.78 is 0. The van der Waals surface area contributed by atoms with E-state index < -0.39 is 0 Å². The fourth-order valence-electron chi connectivity index (χ4n) is 2.43. The lowest BCUT2D eigenvalue weighted by Gasteiger charge is -2.28. The summed E-state index contributed by atoms with van der Waals surface area (Å²) in [6.07, 6.45) is 4.63. The van der Waals surface area contributed by atoms with Crippen LogP contribution in [0.4, 0.5) is 0 Å². The van der Waals surface area contributed by atoms with Gasteiger partial charge in [0.25, 0.3) is 0 Å². The third-order valence-electron chi connectivity index (χ3n) is 3.42. The second-order valence-corrected chi connectivity index (χ2v) is 5.20. The molecular weight excluding hydrogens is 226 g/mol. The van der Waals surface area contributed by atoms with Crippen molar-refractivity contribution in [2.24, 2.45) is 5.92 Å². The summed E-state index contributed by atoms with van der Waals surface area (Å²) >= 11 is 1.85. The summed E-state index contributed by atoms with van der Waals surface area (Å²) in [6, 6.07) is 9.29. The van der Waals surface area contributed by atoms with Crippen molar-refractivity contribution in [3.8, 4) is 0 Å². The van der Waals surface area contributed by atoms with E-state index in [9.17, 15) is 0 Å². The van der Waals surface area contributed by atoms with Crippen LogP contribution in [0.3, 0.4) is 0 Å². The molecule has 17 heavy (non-hydrogen) atoms. The van der Waals surface area contributed by atoms with Crippen LogP contribution in [0.15, 0.2) is 29.2 Å². The molecule has 0 heterocycles. The first-order valence-corrected chi connectivity index (χ1v) is 7.87. The Morgan fingerprint density at radius 1 is 1.12 bits per heavy atom. The van der Waals surface area contributed by atoms with Crippen LogP contribution in [0, 0.1) is 5.92 Å². The number of rotatable bonds is 7. The minimum atomic E-state index is 0.499. The maximum absolute atomic E-state index is 3.66. The van der Waals surface area contributed by atoms with Gasteiger partial charge in [-0.2, -0.15) is 0 Å². The Kier molecular flexibility index (Phi) is 6.68. The monoisotopic (exact) mass is 251 g/mol. The SMILES string of the molecule is CCNC(c1ccccc1SC)C(CC)CC. The largest absolute Gasteiger partial charge is 0.310 e. The third-order valence-corrected chi connectivity index (χ3v) is 4.23. The molecule has 0 fully saturated rings. The molecule has 1 aromatic rings. The van der Waals surface area contributed by atoms with Crippen molar-refractivity contribution < 1.29 is 0 Å². The van der Waals surface area contributed by atoms with Crippen LogP contribution in [0.2, 0.25) is 0 Å². The molecule has 0 aromatic heterocycles. The highest BCUT2D eigenvalue weighted by Crippen LogP contribution is 2.33. The highest BCUT2D eigenvalue weighted by atomic mass is 32.2. The normalized spacial score (nSPS) is 13.0. The van der Waals surface area contributed by atoms with Gasteiger partial charge >= 0.3 is 0 Å². The van der Waals surface area contributed by atoms with Gasteiger partial charge in [0.1, 0.15) is 0 Å². The minimum absolute atomic E-state index is 0.499. The van der Waals surface area contributed by atoms with E-state index in [0.29, 0.717) is 6.04 Å². The van der Waals surface area contributed by atoms with Crippen LogP contribution in [0.1, 0.15) is 45.2 Å². The van der Waals surface area contributed by atoms with Crippen LogP contribution in [0.25, 0.3) is 0 Å². The van der Waals surface area contributed by atoms with E-state index in [1.54, 1.807) is 0 Å². The van der Waals surface area contributed by atoms with Crippen LogP contribution in [0.5, 0.6) is 0 Å². The van der Waals surface area contributed by atoms with Gasteiger partial charge in [0, 0.05) is 10.9 Å². The molecule has 0 aliphatic heterocycles. The first-order valence-electron chi connectivity index (χ1n) is 6.64. The van der Waals surface area contributed by atoms with Crippen molar-refractivity contribution in [3.63, 3.8) is 0 Å².